The molecule has 2 rings (SSSR count). The monoisotopic (exact) mass is 276 g/mol. The predicted molar refractivity (Wildman–Crippen MR) is 78.3 cm³/mol. The van der Waals surface area contributed by atoms with Gasteiger partial charge in [0.05, 0.1) is 6.61 Å². The Balaban J connectivity index is 2.59. The van der Waals surface area contributed by atoms with Crippen molar-refractivity contribution in [2.75, 3.05) is 6.61 Å². The number of pyridine rings is 1. The fourth-order valence-electron chi connectivity index (χ4n) is 1.91. The molecule has 0 fully saturated rings. The van der Waals surface area contributed by atoms with E-state index in [9.17, 15) is 4.79 Å². The first-order valence-corrected chi connectivity index (χ1v) is 6.35. The van der Waals surface area contributed by atoms with E-state index in [4.69, 9.17) is 16.4 Å². The Bertz CT molecular complexity index is 767. The largest absolute Gasteiger partial charge is 0.461 e. The van der Waals surface area contributed by atoms with Crippen LogP contribution in [0.15, 0.2) is 36.4 Å². The smallest absolute Gasteiger partial charge is 0.356 e. The number of terminal acetylenes is 1. The number of aromatic nitrogens is 1. The lowest BCUT2D eigenvalue weighted by atomic mass is 9.99. The molecule has 0 bridgehead atoms. The Morgan fingerprint density at radius 3 is 2.81 bits per heavy atom. The number of ether oxygens (including phenoxy) is 1. The third-order valence-electron chi connectivity index (χ3n) is 2.82. The predicted octanol–water partition coefficient (Wildman–Crippen LogP) is 2.78. The topological polar surface area (TPSA) is 63.0 Å². The Morgan fingerprint density at radius 1 is 1.38 bits per heavy atom. The molecule has 0 N–H and O–H groups in total. The molecule has 4 heteroatoms. The van der Waals surface area contributed by atoms with Crippen molar-refractivity contribution in [2.45, 2.75) is 6.92 Å². The van der Waals surface area contributed by atoms with Gasteiger partial charge in [0.25, 0.3) is 0 Å². The van der Waals surface area contributed by atoms with Crippen LogP contribution in [0.2, 0.25) is 0 Å². The molecule has 1 heterocycles. The van der Waals surface area contributed by atoms with E-state index in [0.717, 1.165) is 5.56 Å². The summed E-state index contributed by atoms with van der Waals surface area (Å²) in [4.78, 5) is 15.8. The summed E-state index contributed by atoms with van der Waals surface area (Å²) in [6, 6.07) is 12.4. The van der Waals surface area contributed by atoms with E-state index in [0.29, 0.717) is 11.1 Å². The van der Waals surface area contributed by atoms with Gasteiger partial charge in [-0.1, -0.05) is 24.1 Å². The average molecular weight is 276 g/mol. The molecule has 0 saturated carbocycles. The molecule has 0 atom stereocenters. The van der Waals surface area contributed by atoms with Crippen molar-refractivity contribution >= 4 is 5.97 Å². The molecule has 0 unspecified atom stereocenters. The summed E-state index contributed by atoms with van der Waals surface area (Å²) in [6.45, 7) is 1.95. The Labute approximate surface area is 123 Å². The van der Waals surface area contributed by atoms with Gasteiger partial charge in [0, 0.05) is 5.56 Å². The highest BCUT2D eigenvalue weighted by Gasteiger charge is 2.13. The van der Waals surface area contributed by atoms with Crippen LogP contribution in [-0.4, -0.2) is 17.6 Å². The van der Waals surface area contributed by atoms with Crippen molar-refractivity contribution in [1.29, 1.82) is 5.26 Å². The van der Waals surface area contributed by atoms with Gasteiger partial charge in [-0.05, 0) is 36.2 Å². The van der Waals surface area contributed by atoms with Crippen LogP contribution >= 0.6 is 0 Å². The molecule has 0 radical (unpaired) electrons. The number of nitriles is 1. The lowest BCUT2D eigenvalue weighted by Crippen LogP contribution is -2.08. The summed E-state index contributed by atoms with van der Waals surface area (Å²) in [5.41, 5.74) is 2.35. The quantitative estimate of drug-likeness (QED) is 0.638. The average Bonchev–Trinajstić information content (AvgIpc) is 2.54. The zero-order valence-corrected chi connectivity index (χ0v) is 11.5. The van der Waals surface area contributed by atoms with E-state index in [-0.39, 0.29) is 18.0 Å². The zero-order chi connectivity index (χ0) is 15.2. The molecule has 1 aromatic heterocycles. The molecule has 0 aliphatic heterocycles. The second-order valence-electron chi connectivity index (χ2n) is 4.15. The van der Waals surface area contributed by atoms with E-state index < -0.39 is 5.97 Å². The van der Waals surface area contributed by atoms with Gasteiger partial charge in [-0.25, -0.2) is 9.78 Å². The standard InChI is InChI=1S/C17H12N2O2/c1-3-12-7-5-6-8-15(12)13-9-14(11-18)19-16(10-13)17(20)21-4-2/h1,5-10H,4H2,2H3. The van der Waals surface area contributed by atoms with Gasteiger partial charge in [-0.2, -0.15) is 5.26 Å². The van der Waals surface area contributed by atoms with Crippen LogP contribution in [0.5, 0.6) is 0 Å². The molecule has 0 aliphatic rings. The minimum Gasteiger partial charge on any atom is -0.461 e. The fraction of sp³-hybridized carbons (Fsp3) is 0.118. The molecule has 2 aromatic rings. The molecule has 0 aliphatic carbocycles. The van der Waals surface area contributed by atoms with E-state index >= 15 is 0 Å². The van der Waals surface area contributed by atoms with Crippen LogP contribution in [-0.2, 0) is 4.74 Å². The second-order valence-corrected chi connectivity index (χ2v) is 4.15. The number of benzene rings is 1. The summed E-state index contributed by atoms with van der Waals surface area (Å²) >= 11 is 0. The van der Waals surface area contributed by atoms with Crippen molar-refractivity contribution in [3.8, 4) is 29.5 Å². The molecule has 0 saturated heterocycles. The molecule has 0 spiro atoms. The van der Waals surface area contributed by atoms with E-state index in [1.807, 2.05) is 24.3 Å². The molecule has 4 nitrogen and oxygen atoms in total. The van der Waals surface area contributed by atoms with Gasteiger partial charge in [0.1, 0.15) is 11.8 Å². The Morgan fingerprint density at radius 2 is 2.14 bits per heavy atom. The number of rotatable bonds is 3. The second kappa shape index (κ2) is 6.36. The first kappa shape index (κ1) is 14.3. The number of nitrogens with zero attached hydrogens (tertiary/aromatic N) is 2. The SMILES string of the molecule is C#Cc1ccccc1-c1cc(C#N)nc(C(=O)OCC)c1. The van der Waals surface area contributed by atoms with Crippen LogP contribution in [0, 0.1) is 23.7 Å². The summed E-state index contributed by atoms with van der Waals surface area (Å²) in [6.07, 6.45) is 5.48. The van der Waals surface area contributed by atoms with Crippen LogP contribution in [0.1, 0.15) is 28.7 Å². The van der Waals surface area contributed by atoms with Gasteiger partial charge in [-0.15, -0.1) is 6.42 Å². The minimum atomic E-state index is -0.561. The number of carbonyl (C=O) groups is 1. The van der Waals surface area contributed by atoms with Crippen molar-refractivity contribution < 1.29 is 9.53 Å². The molecule has 0 amide bonds. The van der Waals surface area contributed by atoms with Crippen molar-refractivity contribution in [1.82, 2.24) is 4.98 Å². The van der Waals surface area contributed by atoms with E-state index in [1.54, 1.807) is 25.1 Å². The molecule has 102 valence electrons. The number of hydrogen-bond acceptors (Lipinski definition) is 4. The summed E-state index contributed by atoms with van der Waals surface area (Å²) in [5, 5.41) is 9.07. The van der Waals surface area contributed by atoms with Crippen LogP contribution in [0.25, 0.3) is 11.1 Å². The van der Waals surface area contributed by atoms with Crippen LogP contribution in [0.3, 0.4) is 0 Å². The highest BCUT2D eigenvalue weighted by molar-refractivity contribution is 5.89. The van der Waals surface area contributed by atoms with Crippen molar-refractivity contribution in [3.05, 3.63) is 53.3 Å². The fourth-order valence-corrected chi connectivity index (χ4v) is 1.91. The minimum absolute atomic E-state index is 0.0951. The van der Waals surface area contributed by atoms with Gasteiger partial charge < -0.3 is 4.74 Å². The third-order valence-corrected chi connectivity index (χ3v) is 2.82. The first-order chi connectivity index (χ1) is 10.2. The highest BCUT2D eigenvalue weighted by Crippen LogP contribution is 2.24. The Hall–Kier alpha value is -3.11. The van der Waals surface area contributed by atoms with E-state index in [2.05, 4.69) is 10.9 Å². The maximum absolute atomic E-state index is 11.8. The molecular formula is C17H12N2O2. The third kappa shape index (κ3) is 3.08. The molecule has 1 aromatic carbocycles. The van der Waals surface area contributed by atoms with Crippen LogP contribution < -0.4 is 0 Å². The lowest BCUT2D eigenvalue weighted by Gasteiger charge is -2.07. The van der Waals surface area contributed by atoms with E-state index in [1.165, 1.54) is 0 Å². The van der Waals surface area contributed by atoms with Crippen molar-refractivity contribution in [2.24, 2.45) is 0 Å². The van der Waals surface area contributed by atoms with Gasteiger partial charge >= 0.3 is 5.97 Å². The highest BCUT2D eigenvalue weighted by atomic mass is 16.5. The molecule has 21 heavy (non-hydrogen) atoms. The summed E-state index contributed by atoms with van der Waals surface area (Å²) in [5.74, 6) is 2.02. The van der Waals surface area contributed by atoms with Gasteiger partial charge in [-0.3, -0.25) is 0 Å². The van der Waals surface area contributed by atoms with Gasteiger partial charge in [0.2, 0.25) is 0 Å². The first-order valence-electron chi connectivity index (χ1n) is 6.35. The summed E-state index contributed by atoms with van der Waals surface area (Å²) < 4.78 is 4.92. The van der Waals surface area contributed by atoms with Crippen LogP contribution in [0.4, 0.5) is 0 Å². The number of esters is 1. The molecular weight excluding hydrogens is 264 g/mol. The lowest BCUT2D eigenvalue weighted by molar-refractivity contribution is 0.0519. The normalized spacial score (nSPS) is 9.48. The maximum Gasteiger partial charge on any atom is 0.356 e. The number of carbonyl (C=O) groups excluding carboxylic acids is 1. The van der Waals surface area contributed by atoms with Crippen molar-refractivity contribution in [3.63, 3.8) is 0 Å². The number of hydrogen-bond donors (Lipinski definition) is 0. The van der Waals surface area contributed by atoms with Gasteiger partial charge in [0.15, 0.2) is 5.69 Å². The summed E-state index contributed by atoms with van der Waals surface area (Å²) in [7, 11) is 0. The maximum atomic E-state index is 11.8. The Kier molecular flexibility index (Phi) is 4.33. The zero-order valence-electron chi connectivity index (χ0n) is 11.5.